The van der Waals surface area contributed by atoms with Crippen molar-refractivity contribution in [2.24, 2.45) is 5.92 Å². The quantitative estimate of drug-likeness (QED) is 0.652. The van der Waals surface area contributed by atoms with E-state index >= 15 is 0 Å². The van der Waals surface area contributed by atoms with Crippen molar-refractivity contribution in [3.63, 3.8) is 0 Å². The van der Waals surface area contributed by atoms with Crippen molar-refractivity contribution in [2.45, 2.75) is 51.5 Å². The summed E-state index contributed by atoms with van der Waals surface area (Å²) in [5.41, 5.74) is 1.51. The lowest BCUT2D eigenvalue weighted by Gasteiger charge is -2.19. The van der Waals surface area contributed by atoms with Gasteiger partial charge in [-0.05, 0) is 49.6 Å². The first-order chi connectivity index (χ1) is 9.86. The van der Waals surface area contributed by atoms with Gasteiger partial charge in [0, 0.05) is 19.3 Å². The van der Waals surface area contributed by atoms with Crippen LogP contribution in [0.25, 0.3) is 0 Å². The van der Waals surface area contributed by atoms with Crippen LogP contribution in [0, 0.1) is 5.92 Å². The molecule has 1 N–H and O–H groups in total. The highest BCUT2D eigenvalue weighted by molar-refractivity contribution is 5.26. The minimum Gasteiger partial charge on any atom is -0.381 e. The molecular weight excluding hydrogens is 246 g/mol. The lowest BCUT2D eigenvalue weighted by Crippen LogP contribution is -2.33. The molecule has 1 aliphatic rings. The SMILES string of the molecule is CCCNC(CCOCCC)C1CC1c1ccccc1. The fraction of sp³-hybridized carbons (Fsp3) is 0.667. The Morgan fingerprint density at radius 1 is 1.15 bits per heavy atom. The molecule has 0 radical (unpaired) electrons. The molecular formula is C18H29NO. The van der Waals surface area contributed by atoms with Gasteiger partial charge < -0.3 is 10.1 Å². The first-order valence-corrected chi connectivity index (χ1v) is 8.22. The largest absolute Gasteiger partial charge is 0.381 e. The second-order valence-corrected chi connectivity index (χ2v) is 5.88. The Morgan fingerprint density at radius 3 is 2.65 bits per heavy atom. The zero-order chi connectivity index (χ0) is 14.2. The van der Waals surface area contributed by atoms with Gasteiger partial charge in [-0.15, -0.1) is 0 Å². The molecule has 0 aliphatic heterocycles. The second kappa shape index (κ2) is 8.43. The number of hydrogen-bond acceptors (Lipinski definition) is 2. The summed E-state index contributed by atoms with van der Waals surface area (Å²) in [4.78, 5) is 0. The van der Waals surface area contributed by atoms with Crippen molar-refractivity contribution in [1.29, 1.82) is 0 Å². The van der Waals surface area contributed by atoms with Gasteiger partial charge in [0.15, 0.2) is 0 Å². The van der Waals surface area contributed by atoms with Gasteiger partial charge in [0.05, 0.1) is 0 Å². The Morgan fingerprint density at radius 2 is 1.95 bits per heavy atom. The molecule has 0 saturated heterocycles. The van der Waals surface area contributed by atoms with Crippen molar-refractivity contribution in [3.8, 4) is 0 Å². The molecule has 20 heavy (non-hydrogen) atoms. The minimum absolute atomic E-state index is 0.622. The maximum atomic E-state index is 5.67. The third-order valence-corrected chi connectivity index (χ3v) is 4.16. The van der Waals surface area contributed by atoms with E-state index in [1.807, 2.05) is 0 Å². The van der Waals surface area contributed by atoms with E-state index in [2.05, 4.69) is 49.5 Å². The van der Waals surface area contributed by atoms with Crippen molar-refractivity contribution in [3.05, 3.63) is 35.9 Å². The lowest BCUT2D eigenvalue weighted by atomic mass is 10.0. The summed E-state index contributed by atoms with van der Waals surface area (Å²) in [6.45, 7) is 7.31. The van der Waals surface area contributed by atoms with E-state index in [1.54, 1.807) is 0 Å². The zero-order valence-corrected chi connectivity index (χ0v) is 13.0. The molecule has 3 atom stereocenters. The maximum Gasteiger partial charge on any atom is 0.0480 e. The average molecular weight is 275 g/mol. The highest BCUT2D eigenvalue weighted by Crippen LogP contribution is 2.50. The van der Waals surface area contributed by atoms with Crippen LogP contribution in [0.4, 0.5) is 0 Å². The van der Waals surface area contributed by atoms with Crippen molar-refractivity contribution in [2.75, 3.05) is 19.8 Å². The predicted octanol–water partition coefficient (Wildman–Crippen LogP) is 3.98. The number of rotatable bonds is 10. The smallest absolute Gasteiger partial charge is 0.0480 e. The molecule has 2 nitrogen and oxygen atoms in total. The van der Waals surface area contributed by atoms with E-state index in [1.165, 1.54) is 18.4 Å². The molecule has 1 aromatic rings. The first-order valence-electron chi connectivity index (χ1n) is 8.22. The number of benzene rings is 1. The van der Waals surface area contributed by atoms with Gasteiger partial charge in [-0.1, -0.05) is 44.2 Å². The Bertz CT molecular complexity index is 365. The van der Waals surface area contributed by atoms with Crippen LogP contribution in [-0.2, 0) is 4.74 Å². The summed E-state index contributed by atoms with van der Waals surface area (Å²) in [5, 5.41) is 3.73. The third-order valence-electron chi connectivity index (χ3n) is 4.16. The van der Waals surface area contributed by atoms with Gasteiger partial charge in [0.25, 0.3) is 0 Å². The van der Waals surface area contributed by atoms with Crippen LogP contribution in [0.5, 0.6) is 0 Å². The highest BCUT2D eigenvalue weighted by Gasteiger charge is 2.43. The van der Waals surface area contributed by atoms with Crippen LogP contribution in [-0.4, -0.2) is 25.8 Å². The molecule has 1 fully saturated rings. The molecule has 0 bridgehead atoms. The Balaban J connectivity index is 1.81. The van der Waals surface area contributed by atoms with Gasteiger partial charge in [0.2, 0.25) is 0 Å². The van der Waals surface area contributed by atoms with Gasteiger partial charge in [-0.25, -0.2) is 0 Å². The fourth-order valence-corrected chi connectivity index (χ4v) is 3.00. The standard InChI is InChI=1S/C18H29NO/c1-3-11-19-18(10-13-20-12-4-2)17-14-16(17)15-8-6-5-7-9-15/h5-9,16-19H,3-4,10-14H2,1-2H3. The summed E-state index contributed by atoms with van der Waals surface area (Å²) in [7, 11) is 0. The van der Waals surface area contributed by atoms with Gasteiger partial charge in [0.1, 0.15) is 0 Å². The van der Waals surface area contributed by atoms with E-state index in [0.717, 1.165) is 44.4 Å². The molecule has 0 aromatic heterocycles. The summed E-state index contributed by atoms with van der Waals surface area (Å²) in [5.74, 6) is 1.56. The van der Waals surface area contributed by atoms with E-state index in [4.69, 9.17) is 4.74 Å². The highest BCUT2D eigenvalue weighted by atomic mass is 16.5. The molecule has 1 aliphatic carbocycles. The normalized spacial score (nSPS) is 22.7. The number of ether oxygens (including phenoxy) is 1. The van der Waals surface area contributed by atoms with Crippen LogP contribution in [0.15, 0.2) is 30.3 Å². The Hall–Kier alpha value is -0.860. The molecule has 2 rings (SSSR count). The van der Waals surface area contributed by atoms with E-state index in [0.29, 0.717) is 6.04 Å². The Kier molecular flexibility index (Phi) is 6.55. The summed E-state index contributed by atoms with van der Waals surface area (Å²) >= 11 is 0. The molecule has 3 unspecified atom stereocenters. The third kappa shape index (κ3) is 4.60. The summed E-state index contributed by atoms with van der Waals surface area (Å²) < 4.78 is 5.67. The fourth-order valence-electron chi connectivity index (χ4n) is 3.00. The molecule has 2 heteroatoms. The molecule has 1 aromatic carbocycles. The van der Waals surface area contributed by atoms with Crippen molar-refractivity contribution < 1.29 is 4.74 Å². The molecule has 1 saturated carbocycles. The zero-order valence-electron chi connectivity index (χ0n) is 13.0. The van der Waals surface area contributed by atoms with E-state index < -0.39 is 0 Å². The first kappa shape index (κ1) is 15.5. The van der Waals surface area contributed by atoms with Gasteiger partial charge >= 0.3 is 0 Å². The van der Waals surface area contributed by atoms with Gasteiger partial charge in [-0.3, -0.25) is 0 Å². The minimum atomic E-state index is 0.622. The lowest BCUT2D eigenvalue weighted by molar-refractivity contribution is 0.122. The summed E-state index contributed by atoms with van der Waals surface area (Å²) in [6.07, 6.45) is 4.80. The van der Waals surface area contributed by atoms with Crippen molar-refractivity contribution >= 4 is 0 Å². The van der Waals surface area contributed by atoms with Crippen LogP contribution in [0.1, 0.15) is 51.0 Å². The molecule has 0 amide bonds. The average Bonchev–Trinajstić information content (AvgIpc) is 3.28. The number of hydrogen-bond donors (Lipinski definition) is 1. The molecule has 0 heterocycles. The Labute approximate surface area is 123 Å². The monoisotopic (exact) mass is 275 g/mol. The summed E-state index contributed by atoms with van der Waals surface area (Å²) in [6, 6.07) is 11.6. The van der Waals surface area contributed by atoms with Crippen LogP contribution in [0.3, 0.4) is 0 Å². The van der Waals surface area contributed by atoms with Crippen molar-refractivity contribution in [1.82, 2.24) is 5.32 Å². The van der Waals surface area contributed by atoms with Crippen LogP contribution < -0.4 is 5.32 Å². The van der Waals surface area contributed by atoms with E-state index in [9.17, 15) is 0 Å². The predicted molar refractivity (Wildman–Crippen MR) is 85.1 cm³/mol. The van der Waals surface area contributed by atoms with E-state index in [-0.39, 0.29) is 0 Å². The maximum absolute atomic E-state index is 5.67. The van der Waals surface area contributed by atoms with Gasteiger partial charge in [-0.2, -0.15) is 0 Å². The molecule has 112 valence electrons. The van der Waals surface area contributed by atoms with Crippen LogP contribution >= 0.6 is 0 Å². The van der Waals surface area contributed by atoms with Crippen LogP contribution in [0.2, 0.25) is 0 Å². The molecule has 0 spiro atoms. The second-order valence-electron chi connectivity index (χ2n) is 5.88. The topological polar surface area (TPSA) is 21.3 Å². The number of nitrogens with one attached hydrogen (secondary N) is 1.